The summed E-state index contributed by atoms with van der Waals surface area (Å²) in [5, 5.41) is 17.4. The maximum absolute atomic E-state index is 11.4. The molecule has 1 N–H and O–H groups in total. The first kappa shape index (κ1) is 25.5. The first-order chi connectivity index (χ1) is 17.1. The molecule has 0 radical (unpaired) electrons. The zero-order chi connectivity index (χ0) is 25.9. The molecule has 1 fully saturated rings. The molecule has 1 saturated carbocycles. The fourth-order valence-corrected chi connectivity index (χ4v) is 4.11. The minimum absolute atomic E-state index is 0.133. The van der Waals surface area contributed by atoms with Gasteiger partial charge < -0.3 is 19.3 Å². The predicted octanol–water partition coefficient (Wildman–Crippen LogP) is -0.534. The second-order valence-electron chi connectivity index (χ2n) is 9.93. The summed E-state index contributed by atoms with van der Waals surface area (Å²) in [6.45, 7) is 2.03. The van der Waals surface area contributed by atoms with Gasteiger partial charge in [-0.3, -0.25) is 4.79 Å². The third-order valence-corrected chi connectivity index (χ3v) is 5.88. The van der Waals surface area contributed by atoms with Crippen LogP contribution in [-0.2, 0) is 18.4 Å². The molecule has 1 aliphatic rings. The van der Waals surface area contributed by atoms with E-state index in [1.54, 1.807) is 17.8 Å². The molecule has 0 aliphatic heterocycles. The number of nitrogens with zero attached hydrogens (tertiary/aromatic N) is 6. The van der Waals surface area contributed by atoms with E-state index in [4.69, 9.17) is 14.2 Å². The van der Waals surface area contributed by atoms with E-state index in [0.29, 0.717) is 47.4 Å². The Morgan fingerprint density at radius 2 is 2.00 bits per heavy atom. The van der Waals surface area contributed by atoms with Gasteiger partial charge in [-0.15, -0.1) is 5.10 Å². The highest BCUT2D eigenvalue weighted by Crippen LogP contribution is 2.30. The van der Waals surface area contributed by atoms with E-state index in [2.05, 4.69) is 25.3 Å². The van der Waals surface area contributed by atoms with Crippen molar-refractivity contribution in [3.8, 4) is 28.9 Å². The van der Waals surface area contributed by atoms with Gasteiger partial charge in [-0.2, -0.15) is 0 Å². The Morgan fingerprint density at radius 1 is 1.22 bits per heavy atom. The molecule has 4 rings (SSSR count). The average molecular weight is 490 g/mol. The molecule has 186 valence electrons. The van der Waals surface area contributed by atoms with Crippen LogP contribution in [0.5, 0.6) is 17.5 Å². The molecule has 36 heavy (non-hydrogen) atoms. The second-order valence-corrected chi connectivity index (χ2v) is 9.93. The number of pyridine rings is 1. The van der Waals surface area contributed by atoms with Crippen LogP contribution in [0.1, 0.15) is 37.1 Å². The number of aryl methyl sites for hydroxylation is 2. The van der Waals surface area contributed by atoms with Crippen molar-refractivity contribution in [2.45, 2.75) is 50.6 Å². The first-order valence-electron chi connectivity index (χ1n) is 12.0. The van der Waals surface area contributed by atoms with Gasteiger partial charge in [0.1, 0.15) is 53.6 Å². The SMILES string of the molecule is BC(B)(B)Oc1cc(OCc2c(-c3ccc(O[C@H]4CCC[C@H](C(=O)O)C4)c(C)n3)nnn2C)ncn1. The summed E-state index contributed by atoms with van der Waals surface area (Å²) in [5.74, 6) is 0.326. The summed E-state index contributed by atoms with van der Waals surface area (Å²) in [6, 6.07) is 5.32. The molecule has 0 bridgehead atoms. The molecule has 14 heteroatoms. The van der Waals surface area contributed by atoms with Crippen LogP contribution >= 0.6 is 0 Å². The van der Waals surface area contributed by atoms with Crippen LogP contribution in [0.25, 0.3) is 11.4 Å². The van der Waals surface area contributed by atoms with Gasteiger partial charge in [0.25, 0.3) is 0 Å². The van der Waals surface area contributed by atoms with E-state index in [1.807, 2.05) is 42.6 Å². The minimum atomic E-state index is -0.759. The number of aliphatic carboxylic acids is 1. The molecule has 3 aromatic rings. The van der Waals surface area contributed by atoms with Gasteiger partial charge >= 0.3 is 5.97 Å². The van der Waals surface area contributed by atoms with Crippen LogP contribution in [0.2, 0.25) is 0 Å². The van der Waals surface area contributed by atoms with Crippen LogP contribution in [0.15, 0.2) is 24.5 Å². The minimum Gasteiger partial charge on any atom is -0.499 e. The van der Waals surface area contributed by atoms with Crippen molar-refractivity contribution >= 4 is 29.5 Å². The lowest BCUT2D eigenvalue weighted by Gasteiger charge is -2.27. The van der Waals surface area contributed by atoms with Gasteiger partial charge in [0, 0.05) is 12.3 Å². The zero-order valence-corrected chi connectivity index (χ0v) is 21.3. The highest BCUT2D eigenvalue weighted by molar-refractivity contribution is 6.58. The largest absolute Gasteiger partial charge is 0.499 e. The van der Waals surface area contributed by atoms with Gasteiger partial charge in [0.15, 0.2) is 0 Å². The average Bonchev–Trinajstić information content (AvgIpc) is 3.18. The van der Waals surface area contributed by atoms with E-state index < -0.39 is 5.97 Å². The Balaban J connectivity index is 1.46. The first-order valence-corrected chi connectivity index (χ1v) is 12.0. The topological polar surface area (TPSA) is 134 Å². The van der Waals surface area contributed by atoms with Crippen LogP contribution in [-0.4, -0.2) is 76.0 Å². The lowest BCUT2D eigenvalue weighted by Crippen LogP contribution is -2.37. The van der Waals surface area contributed by atoms with Crippen molar-refractivity contribution in [3.63, 3.8) is 0 Å². The maximum atomic E-state index is 11.4. The summed E-state index contributed by atoms with van der Waals surface area (Å²) < 4.78 is 19.4. The van der Waals surface area contributed by atoms with Gasteiger partial charge in [0.2, 0.25) is 11.8 Å². The molecule has 1 aliphatic carbocycles. The van der Waals surface area contributed by atoms with Gasteiger partial charge in [-0.1, -0.05) is 5.21 Å². The molecule has 3 heterocycles. The summed E-state index contributed by atoms with van der Waals surface area (Å²) in [5.41, 5.74) is 2.65. The predicted molar refractivity (Wildman–Crippen MR) is 138 cm³/mol. The Labute approximate surface area is 212 Å². The summed E-state index contributed by atoms with van der Waals surface area (Å²) in [7, 11) is 7.61. The van der Waals surface area contributed by atoms with Crippen LogP contribution in [0.4, 0.5) is 0 Å². The van der Waals surface area contributed by atoms with Crippen LogP contribution in [0, 0.1) is 12.8 Å². The van der Waals surface area contributed by atoms with Crippen molar-refractivity contribution in [1.29, 1.82) is 0 Å². The highest BCUT2D eigenvalue weighted by atomic mass is 16.5. The molecule has 0 spiro atoms. The van der Waals surface area contributed by atoms with Gasteiger partial charge in [-0.25, -0.2) is 19.6 Å². The van der Waals surface area contributed by atoms with Crippen molar-refractivity contribution in [3.05, 3.63) is 35.9 Å². The normalized spacial score (nSPS) is 17.9. The number of carboxylic acids is 1. The number of ether oxygens (including phenoxy) is 3. The molecule has 2 atom stereocenters. The maximum Gasteiger partial charge on any atom is 0.306 e. The molecular formula is C22H29B3N6O5. The van der Waals surface area contributed by atoms with E-state index >= 15 is 0 Å². The van der Waals surface area contributed by atoms with Crippen LogP contribution < -0.4 is 14.2 Å². The lowest BCUT2D eigenvalue weighted by molar-refractivity contribution is -0.143. The highest BCUT2D eigenvalue weighted by Gasteiger charge is 2.28. The van der Waals surface area contributed by atoms with Crippen molar-refractivity contribution in [2.75, 3.05) is 0 Å². The summed E-state index contributed by atoms with van der Waals surface area (Å²) in [4.78, 5) is 24.3. The van der Waals surface area contributed by atoms with Crippen LogP contribution in [0.3, 0.4) is 0 Å². The monoisotopic (exact) mass is 490 g/mol. The van der Waals surface area contributed by atoms with E-state index in [0.717, 1.165) is 18.5 Å². The Bertz CT molecular complexity index is 1240. The quantitative estimate of drug-likeness (QED) is 0.390. The number of rotatable bonds is 9. The molecule has 3 aromatic heterocycles. The molecule has 0 unspecified atom stereocenters. The van der Waals surface area contributed by atoms with Gasteiger partial charge in [-0.05, 0) is 44.7 Å². The second kappa shape index (κ2) is 10.6. The fourth-order valence-electron chi connectivity index (χ4n) is 4.11. The fraction of sp³-hybridized carbons (Fsp3) is 0.455. The Hall–Kier alpha value is -3.57. The third kappa shape index (κ3) is 6.35. The Kier molecular flexibility index (Phi) is 7.51. The third-order valence-electron chi connectivity index (χ3n) is 5.88. The molecule has 11 nitrogen and oxygen atoms in total. The standard InChI is InChI=1S/C22H29B3N6O5/c1-12-17(35-14-5-3-4-13(8-14)21(32)33)7-6-15(28-12)20-16(31(2)30-29-20)10-34-18-9-19(27-11-26-18)36-22(23,24)25/h6-7,9,11,13-14H,3-5,8,10,23-25H2,1-2H3,(H,32,33)/t13-,14-/m0/s1. The number of aromatic nitrogens is 6. The zero-order valence-electron chi connectivity index (χ0n) is 21.3. The van der Waals surface area contributed by atoms with Gasteiger partial charge in [0.05, 0.1) is 29.5 Å². The van der Waals surface area contributed by atoms with Crippen molar-refractivity contribution < 1.29 is 24.1 Å². The molecule has 0 aromatic carbocycles. The summed E-state index contributed by atoms with van der Waals surface area (Å²) in [6.07, 6.45) is 4.14. The molecule has 0 saturated heterocycles. The van der Waals surface area contributed by atoms with Crippen molar-refractivity contribution in [1.82, 2.24) is 29.9 Å². The smallest absolute Gasteiger partial charge is 0.306 e. The van der Waals surface area contributed by atoms with Crippen molar-refractivity contribution in [2.24, 2.45) is 13.0 Å². The lowest BCUT2D eigenvalue weighted by atomic mass is 9.52. The Morgan fingerprint density at radius 3 is 2.72 bits per heavy atom. The van der Waals surface area contributed by atoms with E-state index in [1.165, 1.54) is 6.33 Å². The molecule has 0 amide bonds. The number of carbonyl (C=O) groups is 1. The van der Waals surface area contributed by atoms with E-state index in [9.17, 15) is 9.90 Å². The number of hydrogen-bond donors (Lipinski definition) is 1. The number of hydrogen-bond acceptors (Lipinski definition) is 9. The summed E-state index contributed by atoms with van der Waals surface area (Å²) >= 11 is 0. The molecular weight excluding hydrogens is 461 g/mol. The van der Waals surface area contributed by atoms with E-state index in [-0.39, 0.29) is 23.9 Å². The number of carboxylic acid groups (broad SMARTS) is 1.